The Labute approximate surface area is 187 Å². The fraction of sp³-hybridized carbons (Fsp3) is 0.154. The quantitative estimate of drug-likeness (QED) is 0.680. The smallest absolute Gasteiger partial charge is 0.129 e. The molecule has 8 bridgehead atoms. The molecule has 0 aromatic carbocycles. The van der Waals surface area contributed by atoms with E-state index in [2.05, 4.69) is 53.3 Å². The normalized spacial score (nSPS) is 24.8. The molecule has 0 aliphatic carbocycles. The molecule has 6 rings (SSSR count). The third-order valence-electron chi connectivity index (χ3n) is 5.91. The van der Waals surface area contributed by atoms with Gasteiger partial charge >= 0.3 is 0 Å². The van der Waals surface area contributed by atoms with Crippen molar-refractivity contribution in [1.82, 2.24) is 9.80 Å². The van der Waals surface area contributed by atoms with Crippen LogP contribution in [-0.2, 0) is 0 Å². The van der Waals surface area contributed by atoms with Crippen LogP contribution in [0.25, 0.3) is 0 Å². The molecule has 1 atom stereocenters. The zero-order valence-corrected chi connectivity index (χ0v) is 18.0. The van der Waals surface area contributed by atoms with Crippen molar-refractivity contribution in [3.05, 3.63) is 108 Å². The first-order chi connectivity index (χ1) is 15.6. The largest absolute Gasteiger partial charge is 0.355 e. The molecule has 0 aromatic rings. The summed E-state index contributed by atoms with van der Waals surface area (Å²) in [5.74, 6) is 0. The molecule has 0 amide bonds. The summed E-state index contributed by atoms with van der Waals surface area (Å²) >= 11 is 0. The van der Waals surface area contributed by atoms with Crippen molar-refractivity contribution >= 4 is 22.8 Å². The molecule has 0 radical (unpaired) electrons. The first kappa shape index (κ1) is 18.7. The summed E-state index contributed by atoms with van der Waals surface area (Å²) in [7, 11) is 2.10. The molecule has 156 valence electrons. The first-order valence-electron chi connectivity index (χ1n) is 10.8. The fourth-order valence-corrected chi connectivity index (χ4v) is 4.39. The van der Waals surface area contributed by atoms with Crippen LogP contribution in [0.3, 0.4) is 0 Å². The van der Waals surface area contributed by atoms with Crippen LogP contribution >= 0.6 is 0 Å². The lowest BCUT2D eigenvalue weighted by atomic mass is 10.1. The third-order valence-corrected chi connectivity index (χ3v) is 5.91. The lowest BCUT2D eigenvalue weighted by Crippen LogP contribution is -2.39. The number of fused-ring (bicyclic) bond motifs is 4. The van der Waals surface area contributed by atoms with E-state index in [1.54, 1.807) is 0 Å². The second-order valence-electron chi connectivity index (χ2n) is 8.15. The number of hydrogen-bond donors (Lipinski definition) is 0. The van der Waals surface area contributed by atoms with Gasteiger partial charge in [0, 0.05) is 31.6 Å². The number of likely N-dealkylation sites (N-methyl/N-ethyl adjacent to an activating group) is 2. The summed E-state index contributed by atoms with van der Waals surface area (Å²) in [6, 6.07) is 0. The van der Waals surface area contributed by atoms with Crippen LogP contribution in [0.4, 0.5) is 0 Å². The van der Waals surface area contributed by atoms with Gasteiger partial charge < -0.3 is 9.80 Å². The topological polar surface area (TPSA) is 55.9 Å². The Balaban J connectivity index is 1.48. The predicted octanol–water partition coefficient (Wildman–Crippen LogP) is 4.01. The van der Waals surface area contributed by atoms with Crippen LogP contribution < -0.4 is 0 Å². The molecule has 0 fully saturated rings. The molecule has 32 heavy (non-hydrogen) atoms. The Bertz CT molecular complexity index is 1310. The van der Waals surface area contributed by atoms with Gasteiger partial charge in [-0.25, -0.2) is 20.0 Å². The van der Waals surface area contributed by atoms with Crippen molar-refractivity contribution in [1.29, 1.82) is 0 Å². The van der Waals surface area contributed by atoms with E-state index in [1.807, 2.05) is 54.7 Å². The Morgan fingerprint density at radius 1 is 0.656 bits per heavy atom. The van der Waals surface area contributed by atoms with Gasteiger partial charge in [-0.1, -0.05) is 0 Å². The minimum atomic E-state index is 0.104. The number of hydrogen-bond acceptors (Lipinski definition) is 6. The number of nitrogens with zero attached hydrogens (tertiary/aromatic N) is 6. The van der Waals surface area contributed by atoms with Crippen LogP contribution in [0, 0.1) is 0 Å². The number of aliphatic imine (C=N–C) groups is 4. The lowest BCUT2D eigenvalue weighted by molar-refractivity contribution is 0.225. The predicted molar refractivity (Wildman–Crippen MR) is 131 cm³/mol. The maximum absolute atomic E-state index is 4.96. The maximum Gasteiger partial charge on any atom is 0.129 e. The summed E-state index contributed by atoms with van der Waals surface area (Å²) < 4.78 is 0. The summed E-state index contributed by atoms with van der Waals surface area (Å²) in [4.78, 5) is 23.7. The molecule has 6 aliphatic heterocycles. The van der Waals surface area contributed by atoms with Gasteiger partial charge in [0.15, 0.2) is 0 Å². The van der Waals surface area contributed by atoms with E-state index in [1.165, 1.54) is 0 Å². The molecule has 6 heteroatoms. The highest BCUT2D eigenvalue weighted by molar-refractivity contribution is 6.16. The van der Waals surface area contributed by atoms with Gasteiger partial charge in [-0.05, 0) is 73.8 Å². The highest BCUT2D eigenvalue weighted by atomic mass is 15.4. The first-order valence-corrected chi connectivity index (χ1v) is 10.8. The van der Waals surface area contributed by atoms with Gasteiger partial charge in [0.05, 0.1) is 45.6 Å². The Kier molecular flexibility index (Phi) is 4.24. The zero-order chi connectivity index (χ0) is 21.7. The fourth-order valence-electron chi connectivity index (χ4n) is 4.39. The van der Waals surface area contributed by atoms with E-state index in [0.717, 1.165) is 57.8 Å². The van der Waals surface area contributed by atoms with Crippen molar-refractivity contribution in [3.8, 4) is 0 Å². The summed E-state index contributed by atoms with van der Waals surface area (Å²) in [6.45, 7) is 3.08. The van der Waals surface area contributed by atoms with Gasteiger partial charge in [0.25, 0.3) is 0 Å². The Morgan fingerprint density at radius 3 is 1.81 bits per heavy atom. The van der Waals surface area contributed by atoms with Crippen molar-refractivity contribution in [2.45, 2.75) is 13.1 Å². The molecule has 0 saturated heterocycles. The van der Waals surface area contributed by atoms with E-state index < -0.39 is 0 Å². The van der Waals surface area contributed by atoms with Crippen LogP contribution in [0.15, 0.2) is 128 Å². The molecule has 0 saturated carbocycles. The minimum absolute atomic E-state index is 0.104. The summed E-state index contributed by atoms with van der Waals surface area (Å²) in [5.41, 5.74) is 8.30. The van der Waals surface area contributed by atoms with Crippen molar-refractivity contribution in [2.75, 3.05) is 13.6 Å². The van der Waals surface area contributed by atoms with Crippen molar-refractivity contribution in [2.24, 2.45) is 20.0 Å². The average molecular weight is 419 g/mol. The molecular weight excluding hydrogens is 396 g/mol. The second-order valence-corrected chi connectivity index (χ2v) is 8.15. The minimum Gasteiger partial charge on any atom is -0.355 e. The summed E-state index contributed by atoms with van der Waals surface area (Å²) in [6.07, 6.45) is 26.7. The van der Waals surface area contributed by atoms with Crippen LogP contribution in [0.5, 0.6) is 0 Å². The monoisotopic (exact) mass is 418 g/mol. The molecule has 0 aromatic heterocycles. The molecule has 6 heterocycles. The van der Waals surface area contributed by atoms with E-state index in [4.69, 9.17) is 15.0 Å². The molecular formula is C26H22N6. The van der Waals surface area contributed by atoms with E-state index in [-0.39, 0.29) is 6.17 Å². The highest BCUT2D eigenvalue weighted by Crippen LogP contribution is 2.30. The van der Waals surface area contributed by atoms with Gasteiger partial charge in [0.2, 0.25) is 0 Å². The Hall–Kier alpha value is -4.06. The second kappa shape index (κ2) is 7.27. The van der Waals surface area contributed by atoms with Crippen LogP contribution in [-0.4, -0.2) is 52.4 Å². The van der Waals surface area contributed by atoms with Gasteiger partial charge in [-0.15, -0.1) is 0 Å². The van der Waals surface area contributed by atoms with E-state index >= 15 is 0 Å². The standard InChI is InChI=1S/C26H22N6/c1-3-32-11-10-31(2)26(32)24-15-23-14-21-7-6-19(28-21)12-17-4-5-18(27-17)13-20-8-9-22(29-20)16-25(24)30-23/h4-16,26H,3H2,1-2H3. The third kappa shape index (κ3) is 3.30. The number of rotatable bonds is 2. The van der Waals surface area contributed by atoms with Crippen molar-refractivity contribution in [3.63, 3.8) is 0 Å². The van der Waals surface area contributed by atoms with Gasteiger partial charge in [0.1, 0.15) is 6.17 Å². The number of allylic oxidation sites excluding steroid dienone is 11. The Morgan fingerprint density at radius 2 is 1.22 bits per heavy atom. The van der Waals surface area contributed by atoms with E-state index in [0.29, 0.717) is 0 Å². The molecule has 0 spiro atoms. The molecule has 6 nitrogen and oxygen atoms in total. The van der Waals surface area contributed by atoms with Crippen molar-refractivity contribution < 1.29 is 0 Å². The van der Waals surface area contributed by atoms with Gasteiger partial charge in [-0.2, -0.15) is 0 Å². The molecule has 6 aliphatic rings. The van der Waals surface area contributed by atoms with E-state index in [9.17, 15) is 0 Å². The molecule has 0 N–H and O–H groups in total. The molecule has 1 unspecified atom stereocenters. The average Bonchev–Trinajstić information content (AvgIpc) is 3.58. The lowest BCUT2D eigenvalue weighted by Gasteiger charge is -2.30. The zero-order valence-electron chi connectivity index (χ0n) is 18.0. The highest BCUT2D eigenvalue weighted by Gasteiger charge is 2.31. The maximum atomic E-state index is 4.96. The summed E-state index contributed by atoms with van der Waals surface area (Å²) in [5, 5.41) is 0. The van der Waals surface area contributed by atoms with Crippen LogP contribution in [0.2, 0.25) is 0 Å². The van der Waals surface area contributed by atoms with Crippen LogP contribution in [0.1, 0.15) is 6.92 Å². The van der Waals surface area contributed by atoms with Gasteiger partial charge in [-0.3, -0.25) is 0 Å². The SMILES string of the molecule is CCN1C=CN(C)C1C1=CC2=CC3=NC(=CC4=NC(=CC5=NC(=CC1=N2)C=C5)C=C4)C=C3.